The number of esters is 2. The van der Waals surface area contributed by atoms with Crippen molar-refractivity contribution in [2.75, 3.05) is 13.2 Å². The van der Waals surface area contributed by atoms with E-state index in [1.165, 1.54) is 11.1 Å². The van der Waals surface area contributed by atoms with E-state index in [9.17, 15) is 14.7 Å². The highest BCUT2D eigenvalue weighted by Gasteiger charge is 2.18. The highest BCUT2D eigenvalue weighted by molar-refractivity contribution is 5.70. The lowest BCUT2D eigenvalue weighted by molar-refractivity contribution is -0.162. The van der Waals surface area contributed by atoms with Gasteiger partial charge < -0.3 is 14.6 Å². The SMILES string of the molecule is CC(C)=CCCC(C)CC(=O)OCC(CO)OC(=O)CC(C)CCC=C(C)C. The first-order valence-corrected chi connectivity index (χ1v) is 10.4. The van der Waals surface area contributed by atoms with Crippen LogP contribution in [0.2, 0.25) is 0 Å². The van der Waals surface area contributed by atoms with Crippen LogP contribution in [0.5, 0.6) is 0 Å². The molecular weight excluding hydrogens is 356 g/mol. The molecule has 0 aromatic rings. The summed E-state index contributed by atoms with van der Waals surface area (Å²) in [4.78, 5) is 24.0. The van der Waals surface area contributed by atoms with Crippen LogP contribution in [0.4, 0.5) is 0 Å². The van der Waals surface area contributed by atoms with Gasteiger partial charge in [0.05, 0.1) is 6.61 Å². The van der Waals surface area contributed by atoms with E-state index in [2.05, 4.69) is 39.8 Å². The summed E-state index contributed by atoms with van der Waals surface area (Å²) >= 11 is 0. The maximum absolute atomic E-state index is 12.0. The van der Waals surface area contributed by atoms with Crippen molar-refractivity contribution in [2.24, 2.45) is 11.8 Å². The fourth-order valence-electron chi connectivity index (χ4n) is 2.69. The molecule has 0 aliphatic carbocycles. The number of hydrogen-bond donors (Lipinski definition) is 1. The largest absolute Gasteiger partial charge is 0.462 e. The number of allylic oxidation sites excluding steroid dienone is 4. The highest BCUT2D eigenvalue weighted by Crippen LogP contribution is 2.15. The maximum Gasteiger partial charge on any atom is 0.306 e. The number of aliphatic hydroxyl groups excluding tert-OH is 1. The van der Waals surface area contributed by atoms with Gasteiger partial charge in [0.25, 0.3) is 0 Å². The van der Waals surface area contributed by atoms with Crippen LogP contribution >= 0.6 is 0 Å². The van der Waals surface area contributed by atoms with E-state index in [4.69, 9.17) is 9.47 Å². The molecule has 0 aliphatic heterocycles. The second-order valence-corrected chi connectivity index (χ2v) is 8.31. The van der Waals surface area contributed by atoms with Gasteiger partial charge >= 0.3 is 11.9 Å². The summed E-state index contributed by atoms with van der Waals surface area (Å²) in [6.45, 7) is 11.8. The maximum atomic E-state index is 12.0. The Morgan fingerprint density at radius 3 is 1.75 bits per heavy atom. The molecule has 0 aliphatic rings. The van der Waals surface area contributed by atoms with E-state index in [0.29, 0.717) is 12.8 Å². The molecule has 0 amide bonds. The third-order valence-electron chi connectivity index (χ3n) is 4.39. The molecule has 0 heterocycles. The number of hydrogen-bond acceptors (Lipinski definition) is 5. The van der Waals surface area contributed by atoms with E-state index in [0.717, 1.165) is 25.7 Å². The Labute approximate surface area is 171 Å². The normalized spacial score (nSPS) is 13.8. The number of aliphatic hydroxyl groups is 1. The Kier molecular flexibility index (Phi) is 14.4. The monoisotopic (exact) mass is 396 g/mol. The molecule has 0 aromatic carbocycles. The van der Waals surface area contributed by atoms with Crippen LogP contribution < -0.4 is 0 Å². The quantitative estimate of drug-likeness (QED) is 0.331. The molecule has 3 unspecified atom stereocenters. The minimum Gasteiger partial charge on any atom is -0.462 e. The number of ether oxygens (including phenoxy) is 2. The van der Waals surface area contributed by atoms with Crippen molar-refractivity contribution in [1.82, 2.24) is 0 Å². The van der Waals surface area contributed by atoms with Crippen molar-refractivity contribution in [3.05, 3.63) is 23.3 Å². The van der Waals surface area contributed by atoms with E-state index >= 15 is 0 Å². The molecule has 0 fully saturated rings. The second-order valence-electron chi connectivity index (χ2n) is 8.31. The summed E-state index contributed by atoms with van der Waals surface area (Å²) in [5, 5.41) is 9.39. The Bertz CT molecular complexity index is 513. The predicted octanol–water partition coefficient (Wildman–Crippen LogP) is 4.98. The van der Waals surface area contributed by atoms with Crippen molar-refractivity contribution in [3.63, 3.8) is 0 Å². The smallest absolute Gasteiger partial charge is 0.306 e. The average Bonchev–Trinajstić information content (AvgIpc) is 2.57. The first kappa shape index (κ1) is 26.4. The lowest BCUT2D eigenvalue weighted by Crippen LogP contribution is -2.29. The van der Waals surface area contributed by atoms with Gasteiger partial charge in [-0.25, -0.2) is 0 Å². The minimum atomic E-state index is -0.803. The molecule has 0 bridgehead atoms. The predicted molar refractivity (Wildman–Crippen MR) is 113 cm³/mol. The van der Waals surface area contributed by atoms with Gasteiger partial charge in [0.1, 0.15) is 6.61 Å². The van der Waals surface area contributed by atoms with Gasteiger partial charge in [0.15, 0.2) is 6.10 Å². The van der Waals surface area contributed by atoms with Gasteiger partial charge in [-0.3, -0.25) is 9.59 Å². The van der Waals surface area contributed by atoms with Crippen molar-refractivity contribution in [1.29, 1.82) is 0 Å². The van der Waals surface area contributed by atoms with Crippen molar-refractivity contribution >= 4 is 11.9 Å². The summed E-state index contributed by atoms with van der Waals surface area (Å²) in [6, 6.07) is 0. The number of carbonyl (C=O) groups excluding carboxylic acids is 2. The fourth-order valence-corrected chi connectivity index (χ4v) is 2.69. The molecule has 0 saturated heterocycles. The van der Waals surface area contributed by atoms with Gasteiger partial charge in [-0.2, -0.15) is 0 Å². The van der Waals surface area contributed by atoms with Crippen LogP contribution in [0.15, 0.2) is 23.3 Å². The molecule has 0 spiro atoms. The standard InChI is InChI=1S/C23H40O5/c1-17(2)9-7-11-19(5)13-22(25)27-16-21(15-24)28-23(26)14-20(6)12-8-10-18(3)4/h9-10,19-21,24H,7-8,11-16H2,1-6H3. The zero-order valence-electron chi connectivity index (χ0n) is 18.6. The molecule has 5 nitrogen and oxygen atoms in total. The molecule has 1 N–H and O–H groups in total. The van der Waals surface area contributed by atoms with Crippen molar-refractivity contribution in [2.45, 2.75) is 86.2 Å². The van der Waals surface area contributed by atoms with Gasteiger partial charge in [0, 0.05) is 12.8 Å². The molecule has 3 atom stereocenters. The topological polar surface area (TPSA) is 72.8 Å². The molecule has 0 radical (unpaired) electrons. The first-order valence-electron chi connectivity index (χ1n) is 10.4. The average molecular weight is 397 g/mol. The lowest BCUT2D eigenvalue weighted by Gasteiger charge is -2.18. The van der Waals surface area contributed by atoms with Crippen LogP contribution in [0.1, 0.15) is 80.1 Å². The molecule has 0 aromatic heterocycles. The third kappa shape index (κ3) is 15.4. The summed E-state index contributed by atoms with van der Waals surface area (Å²) in [6.07, 6.45) is 7.83. The Morgan fingerprint density at radius 1 is 0.857 bits per heavy atom. The summed E-state index contributed by atoms with van der Waals surface area (Å²) < 4.78 is 10.4. The van der Waals surface area contributed by atoms with Gasteiger partial charge in [-0.15, -0.1) is 0 Å². The van der Waals surface area contributed by atoms with Crippen LogP contribution in [0, 0.1) is 11.8 Å². The van der Waals surface area contributed by atoms with Crippen molar-refractivity contribution < 1.29 is 24.2 Å². The van der Waals surface area contributed by atoms with Crippen LogP contribution in [0.3, 0.4) is 0 Å². The number of rotatable bonds is 14. The van der Waals surface area contributed by atoms with E-state index in [-0.39, 0.29) is 37.0 Å². The fraction of sp³-hybridized carbons (Fsp3) is 0.739. The van der Waals surface area contributed by atoms with Crippen molar-refractivity contribution in [3.8, 4) is 0 Å². The van der Waals surface area contributed by atoms with Gasteiger partial charge in [-0.1, -0.05) is 37.1 Å². The summed E-state index contributed by atoms with van der Waals surface area (Å²) in [5.41, 5.74) is 2.54. The first-order chi connectivity index (χ1) is 13.1. The zero-order chi connectivity index (χ0) is 21.5. The lowest BCUT2D eigenvalue weighted by atomic mass is 10.0. The van der Waals surface area contributed by atoms with E-state index in [1.807, 2.05) is 13.8 Å². The minimum absolute atomic E-state index is 0.103. The Balaban J connectivity index is 4.15. The van der Waals surface area contributed by atoms with Crippen LogP contribution in [-0.2, 0) is 19.1 Å². The molecule has 28 heavy (non-hydrogen) atoms. The Morgan fingerprint density at radius 2 is 1.32 bits per heavy atom. The van der Waals surface area contributed by atoms with Crippen LogP contribution in [-0.4, -0.2) is 36.4 Å². The highest BCUT2D eigenvalue weighted by atomic mass is 16.6. The summed E-state index contributed by atoms with van der Waals surface area (Å²) in [5.74, 6) is -0.268. The van der Waals surface area contributed by atoms with E-state index < -0.39 is 6.10 Å². The molecule has 5 heteroatoms. The zero-order valence-corrected chi connectivity index (χ0v) is 18.6. The number of carbonyl (C=O) groups is 2. The molecule has 0 rings (SSSR count). The van der Waals surface area contributed by atoms with Crippen LogP contribution in [0.25, 0.3) is 0 Å². The van der Waals surface area contributed by atoms with E-state index in [1.54, 1.807) is 0 Å². The van der Waals surface area contributed by atoms with Gasteiger partial charge in [0.2, 0.25) is 0 Å². The summed E-state index contributed by atoms with van der Waals surface area (Å²) in [7, 11) is 0. The third-order valence-corrected chi connectivity index (χ3v) is 4.39. The van der Waals surface area contributed by atoms with Gasteiger partial charge in [-0.05, 0) is 65.2 Å². The Hall–Kier alpha value is -1.62. The molecule has 162 valence electrons. The molecule has 0 saturated carbocycles. The second kappa shape index (κ2) is 15.3. The molecular formula is C23H40O5.